The summed E-state index contributed by atoms with van der Waals surface area (Å²) in [4.78, 5) is 30.2. The summed E-state index contributed by atoms with van der Waals surface area (Å²) in [5.74, 6) is 2.94. The van der Waals surface area contributed by atoms with Crippen molar-refractivity contribution in [2.75, 3.05) is 18.0 Å². The van der Waals surface area contributed by atoms with Gasteiger partial charge in [0, 0.05) is 38.1 Å². The summed E-state index contributed by atoms with van der Waals surface area (Å²) < 4.78 is 1.64. The first kappa shape index (κ1) is 16.9. The number of hydrogen-bond donors (Lipinski definition) is 2. The monoisotopic (exact) mass is 317 g/mol. The Balaban J connectivity index is 1.91. The highest BCUT2D eigenvalue weighted by atomic mass is 16.2. The van der Waals surface area contributed by atoms with Gasteiger partial charge in [0.05, 0.1) is 6.04 Å². The molecular formula is C16H23N5O2. The molecular weight excluding hydrogens is 294 g/mol. The quantitative estimate of drug-likeness (QED) is 0.795. The SMILES string of the molecule is C#C[C@@H](C)NC(=O)NC1CCN(c2nccn(CC)c2=O)CC1. The van der Waals surface area contributed by atoms with E-state index in [1.165, 1.54) is 0 Å². The minimum Gasteiger partial charge on any atom is -0.352 e. The van der Waals surface area contributed by atoms with E-state index in [2.05, 4.69) is 21.5 Å². The summed E-state index contributed by atoms with van der Waals surface area (Å²) >= 11 is 0. The second-order valence-electron chi connectivity index (χ2n) is 5.61. The maximum absolute atomic E-state index is 12.3. The first-order valence-corrected chi connectivity index (χ1v) is 7.88. The largest absolute Gasteiger partial charge is 0.352 e. The number of urea groups is 1. The molecule has 0 saturated carbocycles. The van der Waals surface area contributed by atoms with Crippen LogP contribution in [0.5, 0.6) is 0 Å². The van der Waals surface area contributed by atoms with Gasteiger partial charge in [-0.1, -0.05) is 5.92 Å². The first-order chi connectivity index (χ1) is 11.0. The number of hydrogen-bond acceptors (Lipinski definition) is 4. The molecule has 7 nitrogen and oxygen atoms in total. The molecule has 0 spiro atoms. The fourth-order valence-electron chi connectivity index (χ4n) is 2.60. The Morgan fingerprint density at radius 1 is 1.52 bits per heavy atom. The van der Waals surface area contributed by atoms with Crippen LogP contribution in [0.25, 0.3) is 0 Å². The van der Waals surface area contributed by atoms with Crippen LogP contribution in [0.1, 0.15) is 26.7 Å². The van der Waals surface area contributed by atoms with Gasteiger partial charge in [-0.05, 0) is 26.7 Å². The van der Waals surface area contributed by atoms with Crippen LogP contribution in [-0.2, 0) is 6.54 Å². The fraction of sp³-hybridized carbons (Fsp3) is 0.562. The predicted octanol–water partition coefficient (Wildman–Crippen LogP) is 0.553. The standard InChI is InChI=1S/C16H23N5O2/c1-4-12(3)18-16(23)19-13-6-9-21(10-7-13)14-15(22)20(5-2)11-8-17-14/h1,8,11-13H,5-7,9-10H2,2-3H3,(H2,18,19,23)/t12-/m1/s1. The molecule has 0 radical (unpaired) electrons. The number of nitrogens with one attached hydrogen (secondary N) is 2. The van der Waals surface area contributed by atoms with Crippen LogP contribution in [-0.4, -0.2) is 40.8 Å². The van der Waals surface area contributed by atoms with Gasteiger partial charge >= 0.3 is 6.03 Å². The molecule has 1 fully saturated rings. The second kappa shape index (κ2) is 7.68. The summed E-state index contributed by atoms with van der Waals surface area (Å²) in [5.41, 5.74) is -0.0676. The van der Waals surface area contributed by atoms with Crippen LogP contribution in [0.2, 0.25) is 0 Å². The zero-order chi connectivity index (χ0) is 16.8. The van der Waals surface area contributed by atoms with E-state index in [0.29, 0.717) is 25.5 Å². The molecule has 0 unspecified atom stereocenters. The fourth-order valence-corrected chi connectivity index (χ4v) is 2.60. The molecule has 7 heteroatoms. The first-order valence-electron chi connectivity index (χ1n) is 7.88. The highest BCUT2D eigenvalue weighted by Crippen LogP contribution is 2.14. The maximum Gasteiger partial charge on any atom is 0.315 e. The Hall–Kier alpha value is -2.49. The number of piperidine rings is 1. The second-order valence-corrected chi connectivity index (χ2v) is 5.61. The van der Waals surface area contributed by atoms with Gasteiger partial charge in [0.15, 0.2) is 5.82 Å². The molecule has 1 aliphatic heterocycles. The van der Waals surface area contributed by atoms with E-state index in [1.54, 1.807) is 23.9 Å². The molecule has 23 heavy (non-hydrogen) atoms. The summed E-state index contributed by atoms with van der Waals surface area (Å²) in [6.07, 6.45) is 10.1. The molecule has 2 heterocycles. The molecule has 0 aliphatic carbocycles. The summed E-state index contributed by atoms with van der Waals surface area (Å²) in [5, 5.41) is 5.60. The average molecular weight is 317 g/mol. The predicted molar refractivity (Wildman–Crippen MR) is 89.4 cm³/mol. The van der Waals surface area contributed by atoms with E-state index >= 15 is 0 Å². The number of terminal acetylenes is 1. The van der Waals surface area contributed by atoms with E-state index in [-0.39, 0.29) is 23.7 Å². The van der Waals surface area contributed by atoms with Crippen molar-refractivity contribution >= 4 is 11.8 Å². The third-order valence-electron chi connectivity index (χ3n) is 3.96. The van der Waals surface area contributed by atoms with Crippen molar-refractivity contribution in [2.24, 2.45) is 0 Å². The lowest BCUT2D eigenvalue weighted by Gasteiger charge is -2.32. The smallest absolute Gasteiger partial charge is 0.315 e. The maximum atomic E-state index is 12.3. The number of rotatable bonds is 4. The van der Waals surface area contributed by atoms with Crippen molar-refractivity contribution in [1.29, 1.82) is 0 Å². The molecule has 1 aromatic heterocycles. The van der Waals surface area contributed by atoms with Gasteiger partial charge in [-0.3, -0.25) is 4.79 Å². The zero-order valence-corrected chi connectivity index (χ0v) is 13.6. The molecule has 2 N–H and O–H groups in total. The number of anilines is 1. The van der Waals surface area contributed by atoms with E-state index in [0.717, 1.165) is 12.8 Å². The van der Waals surface area contributed by atoms with Crippen molar-refractivity contribution in [2.45, 2.75) is 45.3 Å². The Kier molecular flexibility index (Phi) is 5.63. The summed E-state index contributed by atoms with van der Waals surface area (Å²) in [7, 11) is 0. The number of aryl methyl sites for hydroxylation is 1. The van der Waals surface area contributed by atoms with Crippen LogP contribution in [0, 0.1) is 12.3 Å². The molecule has 2 rings (SSSR count). The molecule has 0 bridgehead atoms. The molecule has 1 saturated heterocycles. The molecule has 124 valence electrons. The van der Waals surface area contributed by atoms with Gasteiger partial charge in [0.1, 0.15) is 0 Å². The normalized spacial score (nSPS) is 16.5. The van der Waals surface area contributed by atoms with Crippen molar-refractivity contribution in [3.05, 3.63) is 22.7 Å². The Labute approximate surface area is 136 Å². The van der Waals surface area contributed by atoms with Crippen LogP contribution >= 0.6 is 0 Å². The lowest BCUT2D eigenvalue weighted by molar-refractivity contribution is 0.233. The molecule has 1 aliphatic rings. The number of nitrogens with zero attached hydrogens (tertiary/aromatic N) is 3. The number of aromatic nitrogens is 2. The van der Waals surface area contributed by atoms with Crippen LogP contribution < -0.4 is 21.1 Å². The summed E-state index contributed by atoms with van der Waals surface area (Å²) in [6, 6.07) is -0.468. The molecule has 1 atom stereocenters. The van der Waals surface area contributed by atoms with E-state index < -0.39 is 0 Å². The highest BCUT2D eigenvalue weighted by molar-refractivity contribution is 5.75. The van der Waals surface area contributed by atoms with E-state index in [1.807, 2.05) is 11.8 Å². The molecule has 1 aromatic rings. The van der Waals surface area contributed by atoms with Crippen molar-refractivity contribution in [3.63, 3.8) is 0 Å². The Morgan fingerprint density at radius 2 is 2.22 bits per heavy atom. The molecule has 0 aromatic carbocycles. The molecule has 2 amide bonds. The number of carbonyl (C=O) groups is 1. The Bertz CT molecular complexity index is 641. The zero-order valence-electron chi connectivity index (χ0n) is 13.6. The van der Waals surface area contributed by atoms with Gasteiger partial charge in [0.25, 0.3) is 5.56 Å². The summed E-state index contributed by atoms with van der Waals surface area (Å²) in [6.45, 7) is 5.68. The van der Waals surface area contributed by atoms with Gasteiger partial charge < -0.3 is 20.1 Å². The third-order valence-corrected chi connectivity index (χ3v) is 3.96. The van der Waals surface area contributed by atoms with E-state index in [4.69, 9.17) is 6.42 Å². The van der Waals surface area contributed by atoms with Gasteiger partial charge in [-0.2, -0.15) is 0 Å². The average Bonchev–Trinajstić information content (AvgIpc) is 2.55. The van der Waals surface area contributed by atoms with Crippen LogP contribution in [0.15, 0.2) is 17.2 Å². The Morgan fingerprint density at radius 3 is 2.83 bits per heavy atom. The lowest BCUT2D eigenvalue weighted by Crippen LogP contribution is -2.50. The number of amides is 2. The van der Waals surface area contributed by atoms with Gasteiger partial charge in [-0.15, -0.1) is 6.42 Å². The lowest BCUT2D eigenvalue weighted by atomic mass is 10.1. The van der Waals surface area contributed by atoms with Crippen molar-refractivity contribution < 1.29 is 4.79 Å². The topological polar surface area (TPSA) is 79.3 Å². The minimum atomic E-state index is -0.295. The number of carbonyl (C=O) groups excluding carboxylic acids is 1. The van der Waals surface area contributed by atoms with Crippen LogP contribution in [0.3, 0.4) is 0 Å². The van der Waals surface area contributed by atoms with Gasteiger partial charge in [-0.25, -0.2) is 9.78 Å². The van der Waals surface area contributed by atoms with Crippen molar-refractivity contribution in [3.8, 4) is 12.3 Å². The van der Waals surface area contributed by atoms with Gasteiger partial charge in [0.2, 0.25) is 0 Å². The van der Waals surface area contributed by atoms with Crippen molar-refractivity contribution in [1.82, 2.24) is 20.2 Å². The highest BCUT2D eigenvalue weighted by Gasteiger charge is 2.23. The van der Waals surface area contributed by atoms with Crippen LogP contribution in [0.4, 0.5) is 10.6 Å². The third kappa shape index (κ3) is 4.25. The van der Waals surface area contributed by atoms with E-state index in [9.17, 15) is 9.59 Å². The minimum absolute atomic E-state index is 0.0676.